The first-order valence-corrected chi connectivity index (χ1v) is 7.62. The zero-order valence-corrected chi connectivity index (χ0v) is 11.6. The lowest BCUT2D eigenvalue weighted by atomic mass is 9.84. The molecule has 0 aromatic rings. The van der Waals surface area contributed by atoms with Crippen LogP contribution in [0.15, 0.2) is 0 Å². The molecule has 0 bridgehead atoms. The quantitative estimate of drug-likeness (QED) is 0.776. The van der Waals surface area contributed by atoms with Crippen LogP contribution in [0.3, 0.4) is 0 Å². The van der Waals surface area contributed by atoms with E-state index in [1.54, 1.807) is 0 Å². The summed E-state index contributed by atoms with van der Waals surface area (Å²) in [5, 5.41) is 2.94. The molecular formula is C15H25NO3. The Kier molecular flexibility index (Phi) is 5.83. The second-order valence-corrected chi connectivity index (χ2v) is 5.89. The first-order chi connectivity index (χ1) is 9.29. The van der Waals surface area contributed by atoms with Crippen molar-refractivity contribution < 1.29 is 14.3 Å². The Morgan fingerprint density at radius 2 is 1.84 bits per heavy atom. The van der Waals surface area contributed by atoms with Gasteiger partial charge in [-0.25, -0.2) is 0 Å². The first kappa shape index (κ1) is 14.5. The summed E-state index contributed by atoms with van der Waals surface area (Å²) in [5.74, 6) is 0.812. The molecule has 2 fully saturated rings. The maximum atomic E-state index is 12.0. The van der Waals surface area contributed by atoms with Gasteiger partial charge in [-0.3, -0.25) is 4.79 Å². The molecule has 1 amide bonds. The van der Waals surface area contributed by atoms with Crippen LogP contribution in [0.25, 0.3) is 0 Å². The van der Waals surface area contributed by atoms with E-state index in [2.05, 4.69) is 5.32 Å². The minimum absolute atomic E-state index is 0.0366. The van der Waals surface area contributed by atoms with E-state index in [9.17, 15) is 9.59 Å². The fraction of sp³-hybridized carbons (Fsp3) is 0.867. The number of nitrogens with one attached hydrogen (secondary N) is 1. The molecule has 1 saturated carbocycles. The van der Waals surface area contributed by atoms with Crippen LogP contribution in [0.4, 0.5) is 0 Å². The summed E-state index contributed by atoms with van der Waals surface area (Å²) in [7, 11) is 0. The van der Waals surface area contributed by atoms with Gasteiger partial charge in [-0.15, -0.1) is 0 Å². The molecule has 1 saturated heterocycles. The fourth-order valence-electron chi connectivity index (χ4n) is 3.21. The van der Waals surface area contributed by atoms with Crippen molar-refractivity contribution in [1.29, 1.82) is 0 Å². The molecule has 0 spiro atoms. The Balaban J connectivity index is 1.76. The molecular weight excluding hydrogens is 242 g/mol. The monoisotopic (exact) mass is 267 g/mol. The van der Waals surface area contributed by atoms with Crippen LogP contribution in [0.5, 0.6) is 0 Å². The Morgan fingerprint density at radius 1 is 1.16 bits per heavy atom. The third kappa shape index (κ3) is 4.60. The fourth-order valence-corrected chi connectivity index (χ4v) is 3.21. The highest BCUT2D eigenvalue weighted by molar-refractivity contribution is 5.79. The zero-order valence-electron chi connectivity index (χ0n) is 11.6. The molecule has 4 nitrogen and oxygen atoms in total. The molecule has 0 aromatic heterocycles. The van der Waals surface area contributed by atoms with Crippen LogP contribution in [0, 0.1) is 11.8 Å². The van der Waals surface area contributed by atoms with Gasteiger partial charge in [0.05, 0.1) is 6.04 Å². The van der Waals surface area contributed by atoms with Crippen LogP contribution in [0.1, 0.15) is 51.4 Å². The number of hydrogen-bond donors (Lipinski definition) is 1. The maximum Gasteiger partial charge on any atom is 0.220 e. The topological polar surface area (TPSA) is 55.4 Å². The van der Waals surface area contributed by atoms with E-state index in [1.807, 2.05) is 0 Å². The lowest BCUT2D eigenvalue weighted by molar-refractivity contribution is -0.126. The van der Waals surface area contributed by atoms with Gasteiger partial charge >= 0.3 is 0 Å². The van der Waals surface area contributed by atoms with Crippen molar-refractivity contribution in [2.75, 3.05) is 13.2 Å². The summed E-state index contributed by atoms with van der Waals surface area (Å²) in [4.78, 5) is 23.2. The van der Waals surface area contributed by atoms with E-state index in [-0.39, 0.29) is 11.9 Å². The Hall–Kier alpha value is -0.900. The molecule has 1 atom stereocenters. The Morgan fingerprint density at radius 3 is 2.47 bits per heavy atom. The van der Waals surface area contributed by atoms with Crippen LogP contribution >= 0.6 is 0 Å². The SMILES string of the molecule is O=CC(NC(=O)CC1CCOCC1)C1CCCCC1. The Labute approximate surface area is 115 Å². The summed E-state index contributed by atoms with van der Waals surface area (Å²) in [5.41, 5.74) is 0. The second kappa shape index (κ2) is 7.63. The molecule has 0 aromatic carbocycles. The van der Waals surface area contributed by atoms with E-state index in [4.69, 9.17) is 4.74 Å². The molecule has 19 heavy (non-hydrogen) atoms. The van der Waals surface area contributed by atoms with Crippen LogP contribution in [0.2, 0.25) is 0 Å². The number of amides is 1. The van der Waals surface area contributed by atoms with Crippen molar-refractivity contribution in [2.45, 2.75) is 57.4 Å². The molecule has 108 valence electrons. The largest absolute Gasteiger partial charge is 0.381 e. The summed E-state index contributed by atoms with van der Waals surface area (Å²) in [6.07, 6.45) is 9.17. The predicted molar refractivity (Wildman–Crippen MR) is 72.7 cm³/mol. The first-order valence-electron chi connectivity index (χ1n) is 7.62. The van der Waals surface area contributed by atoms with Crippen molar-refractivity contribution in [3.63, 3.8) is 0 Å². The molecule has 1 N–H and O–H groups in total. The van der Waals surface area contributed by atoms with Gasteiger partial charge in [-0.2, -0.15) is 0 Å². The average molecular weight is 267 g/mol. The van der Waals surface area contributed by atoms with E-state index in [0.29, 0.717) is 18.3 Å². The van der Waals surface area contributed by atoms with Gasteiger partial charge in [-0.05, 0) is 37.5 Å². The van der Waals surface area contributed by atoms with Gasteiger partial charge < -0.3 is 14.8 Å². The third-order valence-corrected chi connectivity index (χ3v) is 4.45. The van der Waals surface area contributed by atoms with Crippen molar-refractivity contribution in [1.82, 2.24) is 5.32 Å². The number of ether oxygens (including phenoxy) is 1. The van der Waals surface area contributed by atoms with Gasteiger partial charge in [-0.1, -0.05) is 19.3 Å². The number of carbonyl (C=O) groups is 2. The number of hydrogen-bond acceptors (Lipinski definition) is 3. The third-order valence-electron chi connectivity index (χ3n) is 4.45. The maximum absolute atomic E-state index is 12.0. The molecule has 2 aliphatic rings. The van der Waals surface area contributed by atoms with Crippen molar-refractivity contribution >= 4 is 12.2 Å². The summed E-state index contributed by atoms with van der Waals surface area (Å²) >= 11 is 0. The van der Waals surface area contributed by atoms with E-state index in [0.717, 1.165) is 45.2 Å². The highest BCUT2D eigenvalue weighted by Crippen LogP contribution is 2.26. The standard InChI is InChI=1S/C15H25NO3/c17-11-14(13-4-2-1-3-5-13)16-15(18)10-12-6-8-19-9-7-12/h11-14H,1-10H2,(H,16,18). The predicted octanol–water partition coefficient (Wildman–Crippen LogP) is 2.07. The van der Waals surface area contributed by atoms with Gasteiger partial charge in [0.2, 0.25) is 5.91 Å². The molecule has 1 heterocycles. The van der Waals surface area contributed by atoms with E-state index < -0.39 is 0 Å². The minimum atomic E-state index is -0.271. The van der Waals surface area contributed by atoms with Gasteiger partial charge in [0, 0.05) is 19.6 Å². The van der Waals surface area contributed by atoms with Gasteiger partial charge in [0.15, 0.2) is 0 Å². The number of carbonyl (C=O) groups excluding carboxylic acids is 2. The molecule has 1 aliphatic carbocycles. The summed E-state index contributed by atoms with van der Waals surface area (Å²) < 4.78 is 5.29. The van der Waals surface area contributed by atoms with E-state index in [1.165, 1.54) is 19.3 Å². The molecule has 2 rings (SSSR count). The number of aldehydes is 1. The smallest absolute Gasteiger partial charge is 0.220 e. The Bertz CT molecular complexity index is 294. The van der Waals surface area contributed by atoms with Crippen molar-refractivity contribution in [3.8, 4) is 0 Å². The van der Waals surface area contributed by atoms with Gasteiger partial charge in [0.1, 0.15) is 6.29 Å². The second-order valence-electron chi connectivity index (χ2n) is 5.89. The van der Waals surface area contributed by atoms with Crippen LogP contribution < -0.4 is 5.32 Å². The van der Waals surface area contributed by atoms with Crippen LogP contribution in [-0.4, -0.2) is 31.4 Å². The molecule has 4 heteroatoms. The van der Waals surface area contributed by atoms with Gasteiger partial charge in [0.25, 0.3) is 0 Å². The lowest BCUT2D eigenvalue weighted by Gasteiger charge is -2.28. The van der Waals surface area contributed by atoms with Crippen molar-refractivity contribution in [2.24, 2.45) is 11.8 Å². The lowest BCUT2D eigenvalue weighted by Crippen LogP contribution is -2.43. The van der Waals surface area contributed by atoms with Crippen LogP contribution in [-0.2, 0) is 14.3 Å². The average Bonchev–Trinajstić information content (AvgIpc) is 2.47. The highest BCUT2D eigenvalue weighted by atomic mass is 16.5. The van der Waals surface area contributed by atoms with E-state index >= 15 is 0 Å². The molecule has 0 radical (unpaired) electrons. The van der Waals surface area contributed by atoms with Crippen molar-refractivity contribution in [3.05, 3.63) is 0 Å². The normalized spacial score (nSPS) is 23.8. The minimum Gasteiger partial charge on any atom is -0.381 e. The summed E-state index contributed by atoms with van der Waals surface area (Å²) in [6.45, 7) is 1.52. The zero-order chi connectivity index (χ0) is 13.5. The highest BCUT2D eigenvalue weighted by Gasteiger charge is 2.25. The molecule has 1 aliphatic heterocycles. The molecule has 1 unspecified atom stereocenters. The number of rotatable bonds is 5. The summed E-state index contributed by atoms with van der Waals surface area (Å²) in [6, 6.07) is -0.271.